The topological polar surface area (TPSA) is 223 Å². The number of nitro benzene ring substituents is 1. The highest BCUT2D eigenvalue weighted by Gasteiger charge is 2.27. The van der Waals surface area contributed by atoms with Gasteiger partial charge in [-0.05, 0) is 60.7 Å². The molecule has 4 rings (SSSR count). The van der Waals surface area contributed by atoms with Gasteiger partial charge in [0.05, 0.1) is 36.1 Å². The fourth-order valence-electron chi connectivity index (χ4n) is 5.47. The molecular weight excluding hydrogens is 791 g/mol. The fourth-order valence-corrected chi connectivity index (χ4v) is 5.47. The van der Waals surface area contributed by atoms with Gasteiger partial charge in [0.25, 0.3) is 23.4 Å². The van der Waals surface area contributed by atoms with Crippen LogP contribution in [0.1, 0.15) is 47.9 Å². The lowest BCUT2D eigenvalue weighted by atomic mass is 10.1. The van der Waals surface area contributed by atoms with Gasteiger partial charge in [0.1, 0.15) is 31.4 Å². The van der Waals surface area contributed by atoms with Gasteiger partial charge in [-0.15, -0.1) is 12.3 Å². The van der Waals surface area contributed by atoms with Gasteiger partial charge in [-0.1, -0.05) is 38.0 Å². The van der Waals surface area contributed by atoms with Gasteiger partial charge in [0.2, 0.25) is 5.91 Å². The molecule has 0 aliphatic carbocycles. The van der Waals surface area contributed by atoms with E-state index in [1.165, 1.54) is 93.1 Å². The Hall–Kier alpha value is -8.39. The van der Waals surface area contributed by atoms with Crippen LogP contribution in [0.2, 0.25) is 0 Å². The molecule has 4 aromatic carbocycles. The van der Waals surface area contributed by atoms with Crippen LogP contribution in [0.15, 0.2) is 111 Å². The lowest BCUT2D eigenvalue weighted by molar-refractivity contribution is -0.384. The second kappa shape index (κ2) is 21.9. The summed E-state index contributed by atoms with van der Waals surface area (Å²) < 4.78 is 28.0. The highest BCUT2D eigenvalue weighted by Crippen LogP contribution is 2.42. The van der Waals surface area contributed by atoms with Crippen molar-refractivity contribution in [3.8, 4) is 35.3 Å². The van der Waals surface area contributed by atoms with E-state index in [1.54, 1.807) is 0 Å². The maximum absolute atomic E-state index is 13.9. The van der Waals surface area contributed by atoms with Crippen molar-refractivity contribution in [3.63, 3.8) is 0 Å². The van der Waals surface area contributed by atoms with Crippen molar-refractivity contribution >= 4 is 52.3 Å². The van der Waals surface area contributed by atoms with Crippen LogP contribution in [0.3, 0.4) is 0 Å². The minimum atomic E-state index is -1.15. The van der Waals surface area contributed by atoms with Crippen LogP contribution in [0, 0.1) is 22.5 Å². The smallest absolute Gasteiger partial charge is 0.342 e. The highest BCUT2D eigenvalue weighted by atomic mass is 16.6. The molecular formula is C44H41N5O12. The molecule has 0 spiro atoms. The summed E-state index contributed by atoms with van der Waals surface area (Å²) in [5.74, 6) is -0.968. The molecule has 0 aromatic heterocycles. The van der Waals surface area contributed by atoms with Crippen LogP contribution < -0.4 is 40.2 Å². The molecule has 17 nitrogen and oxygen atoms in total. The van der Waals surface area contributed by atoms with Crippen molar-refractivity contribution in [2.75, 3.05) is 50.0 Å². The van der Waals surface area contributed by atoms with Crippen LogP contribution in [0.5, 0.6) is 23.0 Å². The summed E-state index contributed by atoms with van der Waals surface area (Å²) >= 11 is 0. The first-order valence-corrected chi connectivity index (χ1v) is 18.1. The van der Waals surface area contributed by atoms with Gasteiger partial charge in [-0.3, -0.25) is 29.3 Å². The summed E-state index contributed by atoms with van der Waals surface area (Å²) in [5, 5.41) is 21.6. The first-order chi connectivity index (χ1) is 29.4. The summed E-state index contributed by atoms with van der Waals surface area (Å²) in [6.45, 7) is 10.8. The van der Waals surface area contributed by atoms with Gasteiger partial charge in [0, 0.05) is 35.4 Å². The van der Waals surface area contributed by atoms with E-state index in [0.29, 0.717) is 0 Å². The minimum Gasteiger partial charge on any atom is -0.491 e. The number of nitro groups is 1. The average Bonchev–Trinajstić information content (AvgIpc) is 3.26. The summed E-state index contributed by atoms with van der Waals surface area (Å²) in [6, 6.07) is 15.1. The van der Waals surface area contributed by atoms with Crippen LogP contribution in [0.25, 0.3) is 0 Å². The standard InChI is InChI=1S/C44H41N5O12/c1-7-11-35(48-41(51)28-14-18-30(19-15-28)49(55)56)43(53)45-29-16-12-27(13-17-29)40(50)46-33-22-20-31(36(38(33)57-5)59-24-8-2)42(52)47-34-23-21-32(44(54)61-26-10-4)37(39(34)58-6)60-25-9-3/h1,8-10,12-23,35H,2-4,11,24-26H2,5-6H3,(H,45,53)(H,46,50)(H,47,52)(H,48,51)/t35-/m0/s1. The fraction of sp³-hybridized carbons (Fsp3) is 0.159. The number of ether oxygens (including phenoxy) is 5. The second-order valence-electron chi connectivity index (χ2n) is 12.3. The molecule has 0 radical (unpaired) electrons. The molecule has 17 heteroatoms. The molecule has 0 saturated carbocycles. The van der Waals surface area contributed by atoms with E-state index in [4.69, 9.17) is 30.1 Å². The molecule has 1 atom stereocenters. The van der Waals surface area contributed by atoms with Crippen molar-refractivity contribution < 1.29 is 52.6 Å². The Morgan fingerprint density at radius 2 is 1.20 bits per heavy atom. The van der Waals surface area contributed by atoms with Crippen molar-refractivity contribution in [1.29, 1.82) is 0 Å². The molecule has 61 heavy (non-hydrogen) atoms. The van der Waals surface area contributed by atoms with Crippen molar-refractivity contribution in [2.45, 2.75) is 12.5 Å². The number of terminal acetylenes is 1. The number of nitrogens with zero attached hydrogens (tertiary/aromatic N) is 1. The van der Waals surface area contributed by atoms with Gasteiger partial charge < -0.3 is 45.0 Å². The predicted molar refractivity (Wildman–Crippen MR) is 227 cm³/mol. The zero-order chi connectivity index (χ0) is 44.5. The summed E-state index contributed by atoms with van der Waals surface area (Å²) in [7, 11) is 2.66. The summed E-state index contributed by atoms with van der Waals surface area (Å²) in [5.41, 5.74) is 0.630. The van der Waals surface area contributed by atoms with E-state index < -0.39 is 40.6 Å². The zero-order valence-corrected chi connectivity index (χ0v) is 33.1. The third-order valence-corrected chi connectivity index (χ3v) is 8.32. The number of hydrogen-bond donors (Lipinski definition) is 4. The Morgan fingerprint density at radius 1 is 0.689 bits per heavy atom. The molecule has 4 amide bonds. The number of rotatable bonds is 21. The Kier molecular flexibility index (Phi) is 16.3. The minimum absolute atomic E-state index is 0.00174. The van der Waals surface area contributed by atoms with Gasteiger partial charge >= 0.3 is 5.97 Å². The highest BCUT2D eigenvalue weighted by molar-refractivity contribution is 6.10. The Bertz CT molecular complexity index is 2370. The summed E-state index contributed by atoms with van der Waals surface area (Å²) in [6.07, 6.45) is 9.60. The first kappa shape index (κ1) is 45.3. The van der Waals surface area contributed by atoms with Gasteiger partial charge in [-0.2, -0.15) is 0 Å². The SMILES string of the molecule is C#CC[C@H](NC(=O)c1ccc([N+](=O)[O-])cc1)C(=O)Nc1ccc(C(=O)Nc2ccc(C(=O)Nc3ccc(C(=O)OCC=C)c(OCC=C)c3OC)c(OCC=C)c2OC)cc1. The number of esters is 1. The number of anilines is 3. The largest absolute Gasteiger partial charge is 0.491 e. The van der Waals surface area contributed by atoms with E-state index in [1.807, 2.05) is 0 Å². The number of carbonyl (C=O) groups excluding carboxylic acids is 5. The molecule has 314 valence electrons. The third-order valence-electron chi connectivity index (χ3n) is 8.32. The maximum Gasteiger partial charge on any atom is 0.342 e. The second-order valence-corrected chi connectivity index (χ2v) is 12.3. The number of methoxy groups -OCH3 is 2. The molecule has 4 aromatic rings. The molecule has 0 fully saturated rings. The molecule has 0 saturated heterocycles. The van der Waals surface area contributed by atoms with Gasteiger partial charge in [0.15, 0.2) is 23.0 Å². The van der Waals surface area contributed by atoms with Crippen molar-refractivity contribution in [1.82, 2.24) is 5.32 Å². The van der Waals surface area contributed by atoms with Crippen LogP contribution in [-0.2, 0) is 9.53 Å². The van der Waals surface area contributed by atoms with E-state index in [0.717, 1.165) is 12.1 Å². The molecule has 0 bridgehead atoms. The maximum atomic E-state index is 13.9. The number of benzene rings is 4. The van der Waals surface area contributed by atoms with Gasteiger partial charge in [-0.25, -0.2) is 4.79 Å². The number of hydrogen-bond acceptors (Lipinski definition) is 12. The van der Waals surface area contributed by atoms with Crippen LogP contribution in [-0.4, -0.2) is 74.6 Å². The van der Waals surface area contributed by atoms with Crippen molar-refractivity contribution in [2.24, 2.45) is 0 Å². The lowest BCUT2D eigenvalue weighted by Crippen LogP contribution is -2.43. The monoisotopic (exact) mass is 831 g/mol. The lowest BCUT2D eigenvalue weighted by Gasteiger charge is -2.20. The Balaban J connectivity index is 1.53. The molecule has 0 heterocycles. The number of amides is 4. The quantitative estimate of drug-likeness (QED) is 0.0237. The summed E-state index contributed by atoms with van der Waals surface area (Å²) in [4.78, 5) is 76.3. The zero-order valence-electron chi connectivity index (χ0n) is 33.1. The normalized spacial score (nSPS) is 10.6. The van der Waals surface area contributed by atoms with Crippen molar-refractivity contribution in [3.05, 3.63) is 143 Å². The molecule has 0 unspecified atom stereocenters. The number of nitrogens with one attached hydrogen (secondary N) is 4. The third kappa shape index (κ3) is 11.6. The Labute approximate surface area is 350 Å². The first-order valence-electron chi connectivity index (χ1n) is 18.1. The Morgan fingerprint density at radius 3 is 1.72 bits per heavy atom. The molecule has 0 aliphatic rings. The van der Waals surface area contributed by atoms with Crippen LogP contribution in [0.4, 0.5) is 22.7 Å². The number of non-ortho nitro benzene ring substituents is 1. The van der Waals surface area contributed by atoms with E-state index in [9.17, 15) is 34.1 Å². The molecule has 0 aliphatic heterocycles. The van der Waals surface area contributed by atoms with Crippen LogP contribution >= 0.6 is 0 Å². The number of carbonyl (C=O) groups is 5. The van der Waals surface area contributed by atoms with E-state index in [2.05, 4.69) is 46.9 Å². The molecule has 4 N–H and O–H groups in total. The van der Waals surface area contributed by atoms with E-state index in [-0.39, 0.29) is 94.2 Å². The van der Waals surface area contributed by atoms with E-state index >= 15 is 0 Å². The predicted octanol–water partition coefficient (Wildman–Crippen LogP) is 6.35. The average molecular weight is 832 g/mol.